The van der Waals surface area contributed by atoms with Gasteiger partial charge in [0.1, 0.15) is 0 Å². The molecule has 0 unspecified atom stereocenters. The van der Waals surface area contributed by atoms with Crippen LogP contribution in [0.3, 0.4) is 0 Å². The highest BCUT2D eigenvalue weighted by molar-refractivity contribution is 5.89. The Morgan fingerprint density at radius 1 is 0.941 bits per heavy atom. The molecule has 176 valence electrons. The van der Waals surface area contributed by atoms with Crippen LogP contribution in [0.1, 0.15) is 29.2 Å². The van der Waals surface area contributed by atoms with Gasteiger partial charge in [-0.2, -0.15) is 0 Å². The fraction of sp³-hybridized carbons (Fsp3) is 0.259. The monoisotopic (exact) mass is 459 g/mol. The zero-order valence-corrected chi connectivity index (χ0v) is 19.4. The summed E-state index contributed by atoms with van der Waals surface area (Å²) in [5, 5.41) is 5.54. The van der Waals surface area contributed by atoms with Gasteiger partial charge >= 0.3 is 6.03 Å². The van der Waals surface area contributed by atoms with Gasteiger partial charge in [0.25, 0.3) is 0 Å². The van der Waals surface area contributed by atoms with Crippen molar-refractivity contribution in [2.45, 2.75) is 18.9 Å². The second-order valence-electron chi connectivity index (χ2n) is 8.05. The van der Waals surface area contributed by atoms with Gasteiger partial charge in [-0.1, -0.05) is 48.5 Å². The summed E-state index contributed by atoms with van der Waals surface area (Å²) in [5.74, 6) is 1.30. The fourth-order valence-corrected chi connectivity index (χ4v) is 4.33. The molecule has 0 saturated heterocycles. The third-order valence-corrected chi connectivity index (χ3v) is 5.97. The number of anilines is 1. The molecule has 0 fully saturated rings. The third kappa shape index (κ3) is 5.14. The Balaban J connectivity index is 1.50. The quantitative estimate of drug-likeness (QED) is 0.549. The van der Waals surface area contributed by atoms with E-state index in [0.29, 0.717) is 30.2 Å². The number of fused-ring (bicyclic) bond motifs is 1. The number of ether oxygens (including phenoxy) is 2. The molecule has 34 heavy (non-hydrogen) atoms. The molecule has 7 nitrogen and oxygen atoms in total. The average molecular weight is 460 g/mol. The maximum absolute atomic E-state index is 13.3. The lowest BCUT2D eigenvalue weighted by atomic mass is 9.87. The number of benzene rings is 3. The van der Waals surface area contributed by atoms with Crippen LogP contribution in [-0.2, 0) is 11.2 Å². The van der Waals surface area contributed by atoms with Crippen molar-refractivity contribution in [2.24, 2.45) is 0 Å². The molecule has 3 aromatic rings. The zero-order chi connectivity index (χ0) is 23.9. The van der Waals surface area contributed by atoms with Crippen molar-refractivity contribution in [1.82, 2.24) is 10.2 Å². The third-order valence-electron chi connectivity index (χ3n) is 5.97. The van der Waals surface area contributed by atoms with Crippen LogP contribution in [0.4, 0.5) is 10.5 Å². The van der Waals surface area contributed by atoms with Crippen LogP contribution in [-0.4, -0.2) is 44.1 Å². The summed E-state index contributed by atoms with van der Waals surface area (Å²) in [6.07, 6.45) is 0.918. The Morgan fingerprint density at radius 2 is 1.59 bits per heavy atom. The summed E-state index contributed by atoms with van der Waals surface area (Å²) in [6.45, 7) is 0.825. The van der Waals surface area contributed by atoms with E-state index in [1.165, 1.54) is 0 Å². The van der Waals surface area contributed by atoms with Crippen molar-refractivity contribution in [2.75, 3.05) is 32.6 Å². The number of carbonyl (C=O) groups is 2. The lowest BCUT2D eigenvalue weighted by Gasteiger charge is -2.38. The summed E-state index contributed by atoms with van der Waals surface area (Å²) in [5.41, 5.74) is 3.89. The molecule has 0 aromatic heterocycles. The van der Waals surface area contributed by atoms with E-state index in [2.05, 4.69) is 10.6 Å². The Hall–Kier alpha value is -4.00. The molecule has 7 heteroatoms. The van der Waals surface area contributed by atoms with E-state index in [9.17, 15) is 9.59 Å². The number of hydrogen-bond donors (Lipinski definition) is 2. The van der Waals surface area contributed by atoms with Crippen LogP contribution in [0.25, 0.3) is 0 Å². The molecule has 0 saturated carbocycles. The fourth-order valence-electron chi connectivity index (χ4n) is 4.33. The van der Waals surface area contributed by atoms with Crippen LogP contribution in [0.2, 0.25) is 0 Å². The zero-order valence-electron chi connectivity index (χ0n) is 19.4. The molecule has 0 aliphatic carbocycles. The molecule has 2 N–H and O–H groups in total. The molecule has 1 aliphatic rings. The van der Waals surface area contributed by atoms with Crippen LogP contribution in [0.15, 0.2) is 72.8 Å². The van der Waals surface area contributed by atoms with Crippen molar-refractivity contribution in [1.29, 1.82) is 0 Å². The van der Waals surface area contributed by atoms with Gasteiger partial charge in [0.2, 0.25) is 5.91 Å². The van der Waals surface area contributed by atoms with E-state index in [1.807, 2.05) is 77.7 Å². The first-order valence-corrected chi connectivity index (χ1v) is 11.3. The van der Waals surface area contributed by atoms with Gasteiger partial charge in [-0.15, -0.1) is 0 Å². The maximum atomic E-state index is 13.3. The lowest BCUT2D eigenvalue weighted by Crippen LogP contribution is -2.42. The first-order valence-electron chi connectivity index (χ1n) is 11.3. The number of amides is 3. The standard InChI is InChI=1S/C27H29N3O4/c1-33-23-17-20-14-16-30(25(31)13-15-28-27(32)29-21-11-7-4-8-12-21)26(19-9-5-3-6-10-19)22(20)18-24(23)34-2/h3-12,17-18,26H,13-16H2,1-2H3,(H2,28,29,32)/t26-/m1/s1. The van der Waals surface area contributed by atoms with Crippen molar-refractivity contribution in [3.05, 3.63) is 89.5 Å². The minimum atomic E-state index is -0.334. The smallest absolute Gasteiger partial charge is 0.319 e. The number of urea groups is 1. The van der Waals surface area contributed by atoms with E-state index < -0.39 is 0 Å². The molecule has 1 aliphatic heterocycles. The van der Waals surface area contributed by atoms with Gasteiger partial charge in [-0.3, -0.25) is 4.79 Å². The lowest BCUT2D eigenvalue weighted by molar-refractivity contribution is -0.133. The molecule has 0 radical (unpaired) electrons. The predicted molar refractivity (Wildman–Crippen MR) is 131 cm³/mol. The van der Waals surface area contributed by atoms with E-state index in [-0.39, 0.29) is 30.9 Å². The summed E-state index contributed by atoms with van der Waals surface area (Å²) >= 11 is 0. The highest BCUT2D eigenvalue weighted by Crippen LogP contribution is 2.41. The van der Waals surface area contributed by atoms with Crippen LogP contribution in [0, 0.1) is 0 Å². The Kier molecular flexibility index (Phi) is 7.32. The highest BCUT2D eigenvalue weighted by atomic mass is 16.5. The number of nitrogens with zero attached hydrogens (tertiary/aromatic N) is 1. The predicted octanol–water partition coefficient (Wildman–Crippen LogP) is 4.39. The van der Waals surface area contributed by atoms with Gasteiger partial charge in [-0.25, -0.2) is 4.79 Å². The van der Waals surface area contributed by atoms with E-state index in [0.717, 1.165) is 16.7 Å². The van der Waals surface area contributed by atoms with Crippen molar-refractivity contribution < 1.29 is 19.1 Å². The van der Waals surface area contributed by atoms with Crippen LogP contribution >= 0.6 is 0 Å². The summed E-state index contributed by atoms with van der Waals surface area (Å²) in [7, 11) is 3.23. The van der Waals surface area contributed by atoms with Crippen LogP contribution in [0.5, 0.6) is 11.5 Å². The summed E-state index contributed by atoms with van der Waals surface area (Å²) in [6, 6.07) is 22.6. The van der Waals surface area contributed by atoms with Gasteiger partial charge in [-0.05, 0) is 47.4 Å². The van der Waals surface area contributed by atoms with Gasteiger partial charge < -0.3 is 25.0 Å². The largest absolute Gasteiger partial charge is 0.493 e. The first-order chi connectivity index (χ1) is 16.6. The molecule has 1 atom stereocenters. The highest BCUT2D eigenvalue weighted by Gasteiger charge is 2.33. The minimum absolute atomic E-state index is 0.0192. The SMILES string of the molecule is COc1cc2c(cc1OC)[C@@H](c1ccccc1)N(C(=O)CCNC(=O)Nc1ccccc1)CC2. The average Bonchev–Trinajstić information content (AvgIpc) is 2.88. The summed E-state index contributed by atoms with van der Waals surface area (Å²) < 4.78 is 11.0. The van der Waals surface area contributed by atoms with E-state index in [1.54, 1.807) is 14.2 Å². The second kappa shape index (κ2) is 10.7. The Morgan fingerprint density at radius 3 is 2.26 bits per heavy atom. The number of nitrogens with one attached hydrogen (secondary N) is 2. The number of methoxy groups -OCH3 is 2. The number of carbonyl (C=O) groups excluding carboxylic acids is 2. The van der Waals surface area contributed by atoms with Crippen LogP contribution < -0.4 is 20.1 Å². The van der Waals surface area contributed by atoms with Gasteiger partial charge in [0.15, 0.2) is 11.5 Å². The molecule has 0 bridgehead atoms. The molecular weight excluding hydrogens is 430 g/mol. The number of hydrogen-bond acceptors (Lipinski definition) is 4. The molecule has 4 rings (SSSR count). The molecule has 3 amide bonds. The first kappa shape index (κ1) is 23.2. The van der Waals surface area contributed by atoms with E-state index in [4.69, 9.17) is 9.47 Å². The van der Waals surface area contributed by atoms with Crippen molar-refractivity contribution in [3.63, 3.8) is 0 Å². The Bertz CT molecular complexity index is 1140. The van der Waals surface area contributed by atoms with Crippen molar-refractivity contribution in [3.8, 4) is 11.5 Å². The summed E-state index contributed by atoms with van der Waals surface area (Å²) in [4.78, 5) is 27.4. The topological polar surface area (TPSA) is 79.9 Å². The molecule has 0 spiro atoms. The van der Waals surface area contributed by atoms with Crippen molar-refractivity contribution >= 4 is 17.6 Å². The minimum Gasteiger partial charge on any atom is -0.493 e. The molecule has 3 aromatic carbocycles. The van der Waals surface area contributed by atoms with E-state index >= 15 is 0 Å². The molecule has 1 heterocycles. The van der Waals surface area contributed by atoms with Gasteiger partial charge in [0, 0.05) is 25.2 Å². The van der Waals surface area contributed by atoms with Gasteiger partial charge in [0.05, 0.1) is 20.3 Å². The normalized spacial score (nSPS) is 14.6. The number of rotatable bonds is 7. The Labute approximate surface area is 199 Å². The maximum Gasteiger partial charge on any atom is 0.319 e. The molecular formula is C27H29N3O4. The second-order valence-corrected chi connectivity index (χ2v) is 8.05. The number of para-hydroxylation sites is 1.